The first-order valence-electron chi connectivity index (χ1n) is 9.59. The van der Waals surface area contributed by atoms with Gasteiger partial charge in [-0.05, 0) is 35.2 Å². The second-order valence-corrected chi connectivity index (χ2v) is 6.64. The number of benzene rings is 3. The molecule has 3 aromatic rings. The van der Waals surface area contributed by atoms with E-state index >= 15 is 0 Å². The number of carbonyl (C=O) groups is 3. The van der Waals surface area contributed by atoms with Gasteiger partial charge in [-0.25, -0.2) is 4.79 Å². The van der Waals surface area contributed by atoms with Gasteiger partial charge in [0, 0.05) is 24.8 Å². The summed E-state index contributed by atoms with van der Waals surface area (Å²) in [5.74, 6) is -0.741. The molecule has 3 rings (SSSR count). The molecule has 0 saturated heterocycles. The molecule has 0 atom stereocenters. The van der Waals surface area contributed by atoms with Gasteiger partial charge in [0.2, 0.25) is 0 Å². The quantitative estimate of drug-likeness (QED) is 0.321. The Kier molecular flexibility index (Phi) is 6.87. The SMILES string of the molecule is COC(=O)c1cc(OC(C)=O)c2cc(OCCOC(C)=O)ccc2c1-c1ccccc1. The summed E-state index contributed by atoms with van der Waals surface area (Å²) in [6, 6.07) is 16.1. The van der Waals surface area contributed by atoms with E-state index < -0.39 is 11.9 Å². The number of ether oxygens (including phenoxy) is 4. The Balaban J connectivity index is 2.16. The summed E-state index contributed by atoms with van der Waals surface area (Å²) in [6.45, 7) is 2.89. The minimum absolute atomic E-state index is 0.112. The summed E-state index contributed by atoms with van der Waals surface area (Å²) in [5.41, 5.74) is 1.75. The molecule has 0 aliphatic carbocycles. The van der Waals surface area contributed by atoms with Gasteiger partial charge in [0.05, 0.1) is 12.7 Å². The van der Waals surface area contributed by atoms with Crippen LogP contribution in [0.1, 0.15) is 24.2 Å². The highest BCUT2D eigenvalue weighted by Crippen LogP contribution is 2.40. The molecule has 7 heteroatoms. The van der Waals surface area contributed by atoms with E-state index in [1.54, 1.807) is 18.2 Å². The molecule has 0 fully saturated rings. The van der Waals surface area contributed by atoms with Crippen LogP contribution in [0.15, 0.2) is 54.6 Å². The fraction of sp³-hybridized carbons (Fsp3) is 0.208. The molecule has 0 aromatic heterocycles. The first kappa shape index (κ1) is 21.8. The van der Waals surface area contributed by atoms with Crippen LogP contribution < -0.4 is 9.47 Å². The molecular formula is C24H22O7. The fourth-order valence-corrected chi connectivity index (χ4v) is 3.23. The number of esters is 3. The number of hydrogen-bond acceptors (Lipinski definition) is 7. The maximum Gasteiger partial charge on any atom is 0.338 e. The maximum atomic E-state index is 12.6. The van der Waals surface area contributed by atoms with Crippen molar-refractivity contribution in [1.29, 1.82) is 0 Å². The Morgan fingerprint density at radius 2 is 1.58 bits per heavy atom. The van der Waals surface area contributed by atoms with Gasteiger partial charge in [0.25, 0.3) is 0 Å². The average molecular weight is 422 g/mol. The molecule has 0 radical (unpaired) electrons. The predicted octanol–water partition coefficient (Wildman–Crippen LogP) is 4.16. The van der Waals surface area contributed by atoms with E-state index in [-0.39, 0.29) is 30.5 Å². The van der Waals surface area contributed by atoms with Crippen molar-refractivity contribution in [3.8, 4) is 22.6 Å². The normalized spacial score (nSPS) is 10.4. The lowest BCUT2D eigenvalue weighted by molar-refractivity contribution is -0.141. The van der Waals surface area contributed by atoms with Crippen LogP contribution in [0.2, 0.25) is 0 Å². The first-order chi connectivity index (χ1) is 14.9. The molecule has 0 aliphatic rings. The van der Waals surface area contributed by atoms with Gasteiger partial charge >= 0.3 is 17.9 Å². The van der Waals surface area contributed by atoms with Gasteiger partial charge in [-0.2, -0.15) is 0 Å². The van der Waals surface area contributed by atoms with Crippen molar-refractivity contribution >= 4 is 28.7 Å². The van der Waals surface area contributed by atoms with Crippen LogP contribution in [0.25, 0.3) is 21.9 Å². The molecule has 0 aliphatic heterocycles. The van der Waals surface area contributed by atoms with E-state index in [4.69, 9.17) is 18.9 Å². The molecule has 0 heterocycles. The topological polar surface area (TPSA) is 88.1 Å². The Morgan fingerprint density at radius 3 is 2.23 bits per heavy atom. The largest absolute Gasteiger partial charge is 0.490 e. The van der Waals surface area contributed by atoms with E-state index in [0.29, 0.717) is 22.1 Å². The highest BCUT2D eigenvalue weighted by atomic mass is 16.6. The minimum Gasteiger partial charge on any atom is -0.490 e. The summed E-state index contributed by atoms with van der Waals surface area (Å²) in [5, 5.41) is 1.28. The fourth-order valence-electron chi connectivity index (χ4n) is 3.23. The zero-order valence-electron chi connectivity index (χ0n) is 17.5. The van der Waals surface area contributed by atoms with Crippen molar-refractivity contribution in [3.63, 3.8) is 0 Å². The monoisotopic (exact) mass is 422 g/mol. The van der Waals surface area contributed by atoms with Gasteiger partial charge in [-0.15, -0.1) is 0 Å². The van der Waals surface area contributed by atoms with E-state index in [1.165, 1.54) is 27.0 Å². The summed E-state index contributed by atoms with van der Waals surface area (Å²) in [4.78, 5) is 35.2. The molecule has 0 bridgehead atoms. The summed E-state index contributed by atoms with van der Waals surface area (Å²) < 4.78 is 20.9. The first-order valence-corrected chi connectivity index (χ1v) is 9.59. The van der Waals surface area contributed by atoms with Crippen LogP contribution in [0, 0.1) is 0 Å². The third-order valence-electron chi connectivity index (χ3n) is 4.45. The van der Waals surface area contributed by atoms with Gasteiger partial charge < -0.3 is 18.9 Å². The second kappa shape index (κ2) is 9.75. The van der Waals surface area contributed by atoms with Crippen molar-refractivity contribution < 1.29 is 33.3 Å². The molecule has 3 aromatic carbocycles. The van der Waals surface area contributed by atoms with E-state index in [0.717, 1.165) is 5.56 Å². The summed E-state index contributed by atoms with van der Waals surface area (Å²) in [6.07, 6.45) is 0. The van der Waals surface area contributed by atoms with Crippen LogP contribution in [0.5, 0.6) is 11.5 Å². The molecule has 7 nitrogen and oxygen atoms in total. The Morgan fingerprint density at radius 1 is 0.839 bits per heavy atom. The third-order valence-corrected chi connectivity index (χ3v) is 4.45. The Labute approximate surface area is 179 Å². The lowest BCUT2D eigenvalue weighted by Gasteiger charge is -2.16. The van der Waals surface area contributed by atoms with Crippen molar-refractivity contribution in [1.82, 2.24) is 0 Å². The zero-order chi connectivity index (χ0) is 22.4. The molecule has 0 spiro atoms. The van der Waals surface area contributed by atoms with Crippen molar-refractivity contribution in [2.45, 2.75) is 13.8 Å². The zero-order valence-corrected chi connectivity index (χ0v) is 17.5. The lowest BCUT2D eigenvalue weighted by atomic mass is 9.92. The standard InChI is InChI=1S/C24H22O7/c1-15(25)29-11-12-30-18-9-10-19-20(13-18)22(31-16(2)26)14-21(24(27)28-3)23(19)17-7-5-4-6-8-17/h4-10,13-14H,11-12H2,1-3H3. The molecule has 160 valence electrons. The number of methoxy groups -OCH3 is 1. The summed E-state index contributed by atoms with van der Waals surface area (Å²) in [7, 11) is 1.30. The van der Waals surface area contributed by atoms with Crippen LogP contribution in [0.3, 0.4) is 0 Å². The molecule has 0 amide bonds. The predicted molar refractivity (Wildman–Crippen MR) is 114 cm³/mol. The Bertz CT molecular complexity index is 1120. The number of carbonyl (C=O) groups excluding carboxylic acids is 3. The lowest BCUT2D eigenvalue weighted by Crippen LogP contribution is -2.10. The van der Waals surface area contributed by atoms with Gasteiger partial charge in [0.15, 0.2) is 0 Å². The van der Waals surface area contributed by atoms with Crippen molar-refractivity contribution in [2.75, 3.05) is 20.3 Å². The molecule has 0 N–H and O–H groups in total. The minimum atomic E-state index is -0.545. The van der Waals surface area contributed by atoms with Crippen molar-refractivity contribution in [2.24, 2.45) is 0 Å². The number of fused-ring (bicyclic) bond motifs is 1. The molecule has 31 heavy (non-hydrogen) atoms. The second-order valence-electron chi connectivity index (χ2n) is 6.64. The van der Waals surface area contributed by atoms with Crippen LogP contribution in [-0.2, 0) is 19.1 Å². The summed E-state index contributed by atoms with van der Waals surface area (Å²) >= 11 is 0. The molecular weight excluding hydrogens is 400 g/mol. The maximum absolute atomic E-state index is 12.6. The molecule has 0 unspecified atom stereocenters. The average Bonchev–Trinajstić information content (AvgIpc) is 2.76. The van der Waals surface area contributed by atoms with E-state index in [9.17, 15) is 14.4 Å². The highest BCUT2D eigenvalue weighted by Gasteiger charge is 2.21. The highest BCUT2D eigenvalue weighted by molar-refractivity contribution is 6.11. The van der Waals surface area contributed by atoms with Crippen LogP contribution >= 0.6 is 0 Å². The number of hydrogen-bond donors (Lipinski definition) is 0. The van der Waals surface area contributed by atoms with Crippen LogP contribution in [-0.4, -0.2) is 38.2 Å². The number of rotatable bonds is 7. The van der Waals surface area contributed by atoms with Crippen molar-refractivity contribution in [3.05, 3.63) is 60.2 Å². The smallest absolute Gasteiger partial charge is 0.338 e. The van der Waals surface area contributed by atoms with Gasteiger partial charge in [0.1, 0.15) is 24.7 Å². The molecule has 0 saturated carbocycles. The third kappa shape index (κ3) is 5.19. The Hall–Kier alpha value is -3.87. The van der Waals surface area contributed by atoms with Gasteiger partial charge in [-0.3, -0.25) is 9.59 Å². The van der Waals surface area contributed by atoms with Crippen LogP contribution in [0.4, 0.5) is 0 Å². The van der Waals surface area contributed by atoms with Gasteiger partial charge in [-0.1, -0.05) is 30.3 Å². The van der Waals surface area contributed by atoms with E-state index in [2.05, 4.69) is 0 Å². The van der Waals surface area contributed by atoms with E-state index in [1.807, 2.05) is 30.3 Å².